The van der Waals surface area contributed by atoms with E-state index in [0.717, 1.165) is 24.1 Å². The third-order valence-electron chi connectivity index (χ3n) is 6.41. The van der Waals surface area contributed by atoms with Gasteiger partial charge in [-0.1, -0.05) is 6.92 Å². The van der Waals surface area contributed by atoms with Gasteiger partial charge in [-0.25, -0.2) is 0 Å². The lowest BCUT2D eigenvalue weighted by molar-refractivity contribution is 0.0982. The molecule has 0 saturated carbocycles. The minimum atomic E-state index is 0.742. The average molecular weight is 329 g/mol. The zero-order valence-corrected chi connectivity index (χ0v) is 15.3. The number of nitrogen functional groups attached to an aromatic ring is 1. The molecule has 1 atom stereocenters. The van der Waals surface area contributed by atoms with Crippen LogP contribution in [-0.4, -0.2) is 62.2 Å². The van der Waals surface area contributed by atoms with E-state index in [4.69, 9.17) is 5.73 Å². The summed E-state index contributed by atoms with van der Waals surface area (Å²) in [5.74, 6) is 0.742. The molecule has 0 aromatic heterocycles. The lowest BCUT2D eigenvalue weighted by atomic mass is 9.99. The lowest BCUT2D eigenvalue weighted by Crippen LogP contribution is -2.52. The Labute approximate surface area is 146 Å². The number of piperidine rings is 1. The van der Waals surface area contributed by atoms with E-state index in [-0.39, 0.29) is 0 Å². The fraction of sp³-hybridized carbons (Fsp3) is 0.700. The molecule has 2 heterocycles. The molecule has 1 unspecified atom stereocenters. The molecule has 2 aliphatic heterocycles. The molecule has 2 N–H and O–H groups in total. The fourth-order valence-corrected chi connectivity index (χ4v) is 4.89. The van der Waals surface area contributed by atoms with E-state index in [1.54, 1.807) is 5.56 Å². The van der Waals surface area contributed by atoms with E-state index >= 15 is 0 Å². The van der Waals surface area contributed by atoms with Gasteiger partial charge < -0.3 is 15.5 Å². The van der Waals surface area contributed by atoms with E-state index in [2.05, 4.69) is 40.8 Å². The van der Waals surface area contributed by atoms with Crippen LogP contribution in [0.2, 0.25) is 0 Å². The number of hydrogen-bond acceptors (Lipinski definition) is 4. The lowest BCUT2D eigenvalue weighted by Gasteiger charge is -2.43. The van der Waals surface area contributed by atoms with Crippen LogP contribution in [0.4, 0.5) is 11.4 Å². The van der Waals surface area contributed by atoms with Crippen molar-refractivity contribution in [2.75, 3.05) is 56.9 Å². The van der Waals surface area contributed by atoms with Crippen LogP contribution in [0.5, 0.6) is 0 Å². The molecule has 2 fully saturated rings. The summed E-state index contributed by atoms with van der Waals surface area (Å²) in [6.07, 6.45) is 4.97. The Kier molecular flexibility index (Phi) is 4.44. The normalized spacial score (nSPS) is 26.8. The van der Waals surface area contributed by atoms with E-state index in [1.807, 2.05) is 0 Å². The van der Waals surface area contributed by atoms with Crippen molar-refractivity contribution in [1.82, 2.24) is 9.80 Å². The van der Waals surface area contributed by atoms with Crippen molar-refractivity contribution >= 4 is 11.4 Å². The van der Waals surface area contributed by atoms with Crippen LogP contribution >= 0.6 is 0 Å². The SMILES string of the molecule is CC1Cc2c(N)ccc(N3CCC(N4CCN(C)CC4)CC3)c2C1. The van der Waals surface area contributed by atoms with Crippen molar-refractivity contribution in [3.63, 3.8) is 0 Å². The Morgan fingerprint density at radius 3 is 2.29 bits per heavy atom. The van der Waals surface area contributed by atoms with Crippen LogP contribution in [-0.2, 0) is 12.8 Å². The molecular weight excluding hydrogens is 296 g/mol. The molecule has 4 rings (SSSR count). The van der Waals surface area contributed by atoms with Gasteiger partial charge in [-0.05, 0) is 61.9 Å². The molecule has 0 spiro atoms. The van der Waals surface area contributed by atoms with Crippen LogP contribution in [0.1, 0.15) is 30.9 Å². The molecule has 0 radical (unpaired) electrons. The topological polar surface area (TPSA) is 35.7 Å². The molecule has 4 heteroatoms. The quantitative estimate of drug-likeness (QED) is 0.845. The van der Waals surface area contributed by atoms with Gasteiger partial charge in [-0.3, -0.25) is 4.90 Å². The molecule has 1 aliphatic carbocycles. The highest BCUT2D eigenvalue weighted by atomic mass is 15.3. The molecule has 4 nitrogen and oxygen atoms in total. The second-order valence-corrected chi connectivity index (χ2v) is 8.20. The molecular formula is C20H32N4. The number of nitrogens with two attached hydrogens (primary N) is 1. The Morgan fingerprint density at radius 2 is 1.58 bits per heavy atom. The molecule has 3 aliphatic rings. The zero-order chi connectivity index (χ0) is 16.7. The van der Waals surface area contributed by atoms with Crippen molar-refractivity contribution in [3.8, 4) is 0 Å². The maximum Gasteiger partial charge on any atom is 0.0403 e. The molecule has 0 bridgehead atoms. The first-order chi connectivity index (χ1) is 11.6. The predicted molar refractivity (Wildman–Crippen MR) is 102 cm³/mol. The highest BCUT2D eigenvalue weighted by Crippen LogP contribution is 2.38. The Hall–Kier alpha value is -1.26. The van der Waals surface area contributed by atoms with Gasteiger partial charge in [0.15, 0.2) is 0 Å². The van der Waals surface area contributed by atoms with Crippen molar-refractivity contribution in [2.45, 2.75) is 38.6 Å². The number of anilines is 2. The number of hydrogen-bond donors (Lipinski definition) is 1. The van der Waals surface area contributed by atoms with Gasteiger partial charge in [0, 0.05) is 56.7 Å². The first-order valence-electron chi connectivity index (χ1n) is 9.69. The Balaban J connectivity index is 1.43. The highest BCUT2D eigenvalue weighted by molar-refractivity contribution is 5.67. The molecule has 0 amide bonds. The van der Waals surface area contributed by atoms with Gasteiger partial charge in [-0.2, -0.15) is 0 Å². The summed E-state index contributed by atoms with van der Waals surface area (Å²) in [6, 6.07) is 5.21. The molecule has 2 saturated heterocycles. The Bertz CT molecular complexity index is 584. The van der Waals surface area contributed by atoms with Gasteiger partial charge in [-0.15, -0.1) is 0 Å². The summed E-state index contributed by atoms with van der Waals surface area (Å²) >= 11 is 0. The second kappa shape index (κ2) is 6.57. The van der Waals surface area contributed by atoms with Crippen LogP contribution in [0.15, 0.2) is 12.1 Å². The Morgan fingerprint density at radius 1 is 0.917 bits per heavy atom. The van der Waals surface area contributed by atoms with E-state index in [1.165, 1.54) is 69.8 Å². The summed E-state index contributed by atoms with van der Waals surface area (Å²) in [7, 11) is 2.24. The van der Waals surface area contributed by atoms with Gasteiger partial charge in [0.1, 0.15) is 0 Å². The number of likely N-dealkylation sites (N-methyl/N-ethyl adjacent to an activating group) is 1. The van der Waals surface area contributed by atoms with Crippen molar-refractivity contribution in [2.24, 2.45) is 5.92 Å². The summed E-state index contributed by atoms with van der Waals surface area (Å²) in [5, 5.41) is 0. The third kappa shape index (κ3) is 3.02. The van der Waals surface area contributed by atoms with Crippen LogP contribution < -0.4 is 10.6 Å². The number of benzene rings is 1. The van der Waals surface area contributed by atoms with Crippen LogP contribution in [0, 0.1) is 5.92 Å². The van der Waals surface area contributed by atoms with E-state index in [9.17, 15) is 0 Å². The van der Waals surface area contributed by atoms with Gasteiger partial charge >= 0.3 is 0 Å². The molecule has 1 aromatic carbocycles. The summed E-state index contributed by atoms with van der Waals surface area (Å²) < 4.78 is 0. The van der Waals surface area contributed by atoms with Crippen LogP contribution in [0.25, 0.3) is 0 Å². The van der Waals surface area contributed by atoms with Crippen molar-refractivity contribution in [3.05, 3.63) is 23.3 Å². The third-order valence-corrected chi connectivity index (χ3v) is 6.41. The summed E-state index contributed by atoms with van der Waals surface area (Å²) in [6.45, 7) is 9.69. The number of nitrogens with zero attached hydrogens (tertiary/aromatic N) is 3. The van der Waals surface area contributed by atoms with Gasteiger partial charge in [0.05, 0.1) is 0 Å². The smallest absolute Gasteiger partial charge is 0.0403 e. The largest absolute Gasteiger partial charge is 0.398 e. The maximum absolute atomic E-state index is 6.23. The van der Waals surface area contributed by atoms with Gasteiger partial charge in [0.25, 0.3) is 0 Å². The maximum atomic E-state index is 6.23. The molecule has 132 valence electrons. The first kappa shape index (κ1) is 16.2. The zero-order valence-electron chi connectivity index (χ0n) is 15.3. The van der Waals surface area contributed by atoms with E-state index < -0.39 is 0 Å². The summed E-state index contributed by atoms with van der Waals surface area (Å²) in [5.41, 5.74) is 11.7. The second-order valence-electron chi connectivity index (χ2n) is 8.20. The highest BCUT2D eigenvalue weighted by Gasteiger charge is 2.30. The van der Waals surface area contributed by atoms with Crippen LogP contribution in [0.3, 0.4) is 0 Å². The molecule has 24 heavy (non-hydrogen) atoms. The number of piperazine rings is 1. The fourth-order valence-electron chi connectivity index (χ4n) is 4.89. The minimum Gasteiger partial charge on any atom is -0.398 e. The standard InChI is InChI=1S/C20H32N4/c1-15-13-17-18(14-15)20(4-3-19(17)21)24-7-5-16(6-8-24)23-11-9-22(2)10-12-23/h3-4,15-16H,5-14,21H2,1-2H3. The summed E-state index contributed by atoms with van der Waals surface area (Å²) in [4.78, 5) is 7.81. The first-order valence-corrected chi connectivity index (χ1v) is 9.69. The molecule has 1 aromatic rings. The average Bonchev–Trinajstić information content (AvgIpc) is 2.99. The number of rotatable bonds is 2. The monoisotopic (exact) mass is 328 g/mol. The number of fused-ring (bicyclic) bond motifs is 1. The van der Waals surface area contributed by atoms with Crippen molar-refractivity contribution < 1.29 is 0 Å². The van der Waals surface area contributed by atoms with E-state index in [0.29, 0.717) is 0 Å². The van der Waals surface area contributed by atoms with Crippen molar-refractivity contribution in [1.29, 1.82) is 0 Å². The van der Waals surface area contributed by atoms with Gasteiger partial charge in [0.2, 0.25) is 0 Å². The minimum absolute atomic E-state index is 0.742. The predicted octanol–water partition coefficient (Wildman–Crippen LogP) is 2.22.